The number of hydrogen-bond acceptors (Lipinski definition) is 0. The van der Waals surface area contributed by atoms with Crippen LogP contribution in [0.2, 0.25) is 0 Å². The van der Waals surface area contributed by atoms with Crippen molar-refractivity contribution >= 4 is 54.4 Å². The summed E-state index contributed by atoms with van der Waals surface area (Å²) < 4.78 is 4.86. The molecule has 0 radical (unpaired) electrons. The second-order valence-corrected chi connectivity index (χ2v) is 14.6. The Kier molecular flexibility index (Phi) is 5.76. The molecule has 2 heterocycles. The van der Waals surface area contributed by atoms with Crippen LogP contribution in [0.25, 0.3) is 88.0 Å². The number of rotatable bonds is 3. The topological polar surface area (TPSA) is 9.86 Å². The van der Waals surface area contributed by atoms with Gasteiger partial charge in [-0.25, -0.2) is 0 Å². The fourth-order valence-corrected chi connectivity index (χ4v) is 9.08. The molecule has 0 aliphatic heterocycles. The van der Waals surface area contributed by atoms with Gasteiger partial charge in [0.1, 0.15) is 0 Å². The Morgan fingerprint density at radius 3 is 1.86 bits per heavy atom. The van der Waals surface area contributed by atoms with E-state index in [-0.39, 0.29) is 5.41 Å². The molecule has 1 aliphatic rings. The molecular weight excluding hydrogens is 617 g/mol. The fourth-order valence-electron chi connectivity index (χ4n) is 9.08. The van der Waals surface area contributed by atoms with Crippen LogP contribution in [0, 0.1) is 0 Å². The summed E-state index contributed by atoms with van der Waals surface area (Å²) in [6, 6.07) is 62.8. The lowest BCUT2D eigenvalue weighted by molar-refractivity contribution is 0.661. The van der Waals surface area contributed by atoms with Crippen LogP contribution in [0.15, 0.2) is 170 Å². The van der Waals surface area contributed by atoms with E-state index in [9.17, 15) is 0 Å². The molecule has 0 amide bonds. The zero-order chi connectivity index (χ0) is 33.8. The van der Waals surface area contributed by atoms with Crippen molar-refractivity contribution in [3.05, 3.63) is 181 Å². The molecule has 0 bridgehead atoms. The van der Waals surface area contributed by atoms with Gasteiger partial charge in [0.05, 0.1) is 22.1 Å². The van der Waals surface area contributed by atoms with Crippen molar-refractivity contribution in [2.24, 2.45) is 0 Å². The van der Waals surface area contributed by atoms with E-state index >= 15 is 0 Å². The van der Waals surface area contributed by atoms with Crippen molar-refractivity contribution in [2.75, 3.05) is 0 Å². The number of para-hydroxylation sites is 2. The Bertz CT molecular complexity index is 3040. The average molecular weight is 651 g/mol. The van der Waals surface area contributed by atoms with E-state index in [1.165, 1.54) is 99.1 Å². The van der Waals surface area contributed by atoms with Crippen molar-refractivity contribution in [3.8, 4) is 33.6 Å². The standard InChI is InChI=1S/C49H34N2/c1-49(2)41-18-10-8-17-38(41)47-42(49)24-27-46-48(47)40-30-34(22-26-45(40)51(46)36-23-20-31-12-6-7-13-32(31)28-36)33-21-25-44-39(29-33)37-16-9-11-19-43(37)50(44)35-14-4-3-5-15-35/h3-30H,1-2H3. The predicted molar refractivity (Wildman–Crippen MR) is 216 cm³/mol. The van der Waals surface area contributed by atoms with Gasteiger partial charge in [0.25, 0.3) is 0 Å². The van der Waals surface area contributed by atoms with Crippen LogP contribution in [-0.4, -0.2) is 9.13 Å². The van der Waals surface area contributed by atoms with Gasteiger partial charge in [-0.3, -0.25) is 0 Å². The molecule has 0 unspecified atom stereocenters. The van der Waals surface area contributed by atoms with Crippen LogP contribution in [0.5, 0.6) is 0 Å². The lowest BCUT2D eigenvalue weighted by atomic mass is 9.82. The van der Waals surface area contributed by atoms with Gasteiger partial charge < -0.3 is 9.13 Å². The summed E-state index contributed by atoms with van der Waals surface area (Å²) in [5.41, 5.74) is 15.2. The van der Waals surface area contributed by atoms with Crippen LogP contribution in [0.4, 0.5) is 0 Å². The van der Waals surface area contributed by atoms with Gasteiger partial charge in [-0.15, -0.1) is 0 Å². The normalized spacial score (nSPS) is 13.5. The number of hydrogen-bond donors (Lipinski definition) is 0. The molecule has 51 heavy (non-hydrogen) atoms. The van der Waals surface area contributed by atoms with Gasteiger partial charge >= 0.3 is 0 Å². The highest BCUT2D eigenvalue weighted by Crippen LogP contribution is 2.53. The maximum absolute atomic E-state index is 2.48. The minimum Gasteiger partial charge on any atom is -0.309 e. The summed E-state index contributed by atoms with van der Waals surface area (Å²) in [7, 11) is 0. The summed E-state index contributed by atoms with van der Waals surface area (Å²) in [6.07, 6.45) is 0. The van der Waals surface area contributed by atoms with Gasteiger partial charge in [-0.05, 0) is 105 Å². The first-order valence-corrected chi connectivity index (χ1v) is 17.9. The molecule has 10 aromatic rings. The molecule has 240 valence electrons. The van der Waals surface area contributed by atoms with Gasteiger partial charge in [0.15, 0.2) is 0 Å². The van der Waals surface area contributed by atoms with Crippen LogP contribution in [-0.2, 0) is 5.41 Å². The maximum Gasteiger partial charge on any atom is 0.0547 e. The van der Waals surface area contributed by atoms with Crippen LogP contribution >= 0.6 is 0 Å². The molecule has 2 nitrogen and oxygen atoms in total. The van der Waals surface area contributed by atoms with Crippen molar-refractivity contribution < 1.29 is 0 Å². The summed E-state index contributed by atoms with van der Waals surface area (Å²) in [5, 5.41) is 7.65. The summed E-state index contributed by atoms with van der Waals surface area (Å²) in [6.45, 7) is 4.75. The quantitative estimate of drug-likeness (QED) is 0.180. The second-order valence-electron chi connectivity index (χ2n) is 14.6. The fraction of sp³-hybridized carbons (Fsp3) is 0.0612. The minimum atomic E-state index is -0.0763. The molecule has 8 aromatic carbocycles. The van der Waals surface area contributed by atoms with E-state index in [2.05, 4.69) is 193 Å². The Hall–Kier alpha value is -6.38. The van der Waals surface area contributed by atoms with Gasteiger partial charge in [-0.2, -0.15) is 0 Å². The van der Waals surface area contributed by atoms with Gasteiger partial charge in [-0.1, -0.05) is 123 Å². The Morgan fingerprint density at radius 2 is 1.02 bits per heavy atom. The smallest absolute Gasteiger partial charge is 0.0547 e. The van der Waals surface area contributed by atoms with E-state index in [0.717, 1.165) is 0 Å². The Morgan fingerprint density at radius 1 is 0.392 bits per heavy atom. The van der Waals surface area contributed by atoms with Crippen LogP contribution in [0.3, 0.4) is 0 Å². The third-order valence-corrected chi connectivity index (χ3v) is 11.5. The Labute approximate surface area is 296 Å². The number of fused-ring (bicyclic) bond motifs is 11. The molecular formula is C49H34N2. The molecule has 2 aromatic heterocycles. The van der Waals surface area contributed by atoms with Crippen molar-refractivity contribution in [3.63, 3.8) is 0 Å². The number of aromatic nitrogens is 2. The van der Waals surface area contributed by atoms with Gasteiger partial charge in [0, 0.05) is 38.3 Å². The maximum atomic E-state index is 2.48. The molecule has 0 saturated carbocycles. The summed E-state index contributed by atoms with van der Waals surface area (Å²) in [4.78, 5) is 0. The van der Waals surface area contributed by atoms with Crippen molar-refractivity contribution in [1.82, 2.24) is 9.13 Å². The average Bonchev–Trinajstić information content (AvgIpc) is 3.77. The highest BCUT2D eigenvalue weighted by molar-refractivity contribution is 6.19. The van der Waals surface area contributed by atoms with Crippen LogP contribution in [0.1, 0.15) is 25.0 Å². The number of nitrogens with zero attached hydrogens (tertiary/aromatic N) is 2. The predicted octanol–water partition coefficient (Wildman–Crippen LogP) is 13.0. The van der Waals surface area contributed by atoms with Crippen molar-refractivity contribution in [1.29, 1.82) is 0 Å². The SMILES string of the molecule is CC1(C)c2ccccc2-c2c1ccc1c2c2cc(-c3ccc4c(c3)c3ccccc3n4-c3ccccc3)ccc2n1-c1ccc2ccccc2c1. The molecule has 2 heteroatoms. The molecule has 0 fully saturated rings. The molecule has 0 spiro atoms. The van der Waals surface area contributed by atoms with Crippen molar-refractivity contribution in [2.45, 2.75) is 19.3 Å². The van der Waals surface area contributed by atoms with Gasteiger partial charge in [0.2, 0.25) is 0 Å². The monoisotopic (exact) mass is 650 g/mol. The summed E-state index contributed by atoms with van der Waals surface area (Å²) >= 11 is 0. The molecule has 0 saturated heterocycles. The first kappa shape index (κ1) is 28.5. The zero-order valence-corrected chi connectivity index (χ0v) is 28.6. The largest absolute Gasteiger partial charge is 0.309 e. The zero-order valence-electron chi connectivity index (χ0n) is 28.6. The number of benzene rings is 8. The minimum absolute atomic E-state index is 0.0763. The summed E-state index contributed by atoms with van der Waals surface area (Å²) in [5.74, 6) is 0. The molecule has 0 atom stereocenters. The molecule has 1 aliphatic carbocycles. The molecule has 0 N–H and O–H groups in total. The first-order chi connectivity index (χ1) is 25.1. The van der Waals surface area contributed by atoms with E-state index in [0.29, 0.717) is 0 Å². The third kappa shape index (κ3) is 3.93. The Balaban J connectivity index is 1.20. The lowest BCUT2D eigenvalue weighted by Crippen LogP contribution is -2.14. The van der Waals surface area contributed by atoms with E-state index in [1.807, 2.05) is 0 Å². The third-order valence-electron chi connectivity index (χ3n) is 11.5. The second kappa shape index (κ2) is 10.3. The highest BCUT2D eigenvalue weighted by Gasteiger charge is 2.37. The molecule has 11 rings (SSSR count). The highest BCUT2D eigenvalue weighted by atomic mass is 15.0. The lowest BCUT2D eigenvalue weighted by Gasteiger charge is -2.21. The first-order valence-electron chi connectivity index (χ1n) is 17.9. The van der Waals surface area contributed by atoms with E-state index < -0.39 is 0 Å². The van der Waals surface area contributed by atoms with E-state index in [1.54, 1.807) is 0 Å². The van der Waals surface area contributed by atoms with E-state index in [4.69, 9.17) is 0 Å². The van der Waals surface area contributed by atoms with Crippen LogP contribution < -0.4 is 0 Å².